The number of rotatable bonds is 3. The Morgan fingerprint density at radius 1 is 1.61 bits per heavy atom. The van der Waals surface area contributed by atoms with Crippen molar-refractivity contribution >= 4 is 21.9 Å². The van der Waals surface area contributed by atoms with Crippen LogP contribution in [0.2, 0.25) is 0 Å². The molecule has 6 nitrogen and oxygen atoms in total. The Morgan fingerprint density at radius 2 is 2.33 bits per heavy atom. The number of hydrogen-bond donors (Lipinski definition) is 1. The normalized spacial score (nSPS) is 10.6. The van der Waals surface area contributed by atoms with Crippen molar-refractivity contribution in [2.75, 3.05) is 0 Å². The maximum Gasteiger partial charge on any atom is 0.339 e. The van der Waals surface area contributed by atoms with Gasteiger partial charge in [0.25, 0.3) is 5.56 Å². The maximum absolute atomic E-state index is 11.7. The van der Waals surface area contributed by atoms with Crippen LogP contribution in [0.3, 0.4) is 0 Å². The van der Waals surface area contributed by atoms with Gasteiger partial charge in [-0.3, -0.25) is 9.36 Å². The molecule has 0 aromatic carbocycles. The van der Waals surface area contributed by atoms with E-state index in [2.05, 4.69) is 20.9 Å². The zero-order valence-corrected chi connectivity index (χ0v) is 11.0. The highest BCUT2D eigenvalue weighted by atomic mass is 79.9. The number of hydrogen-bond acceptors (Lipinski definition) is 4. The van der Waals surface area contributed by atoms with E-state index >= 15 is 0 Å². The van der Waals surface area contributed by atoms with E-state index < -0.39 is 5.97 Å². The highest BCUT2D eigenvalue weighted by molar-refractivity contribution is 9.10. The van der Waals surface area contributed by atoms with E-state index in [1.165, 1.54) is 23.2 Å². The third kappa shape index (κ3) is 2.35. The summed E-state index contributed by atoms with van der Waals surface area (Å²) in [6.07, 6.45) is 2.76. The van der Waals surface area contributed by atoms with Gasteiger partial charge in [-0.25, -0.2) is 9.78 Å². The summed E-state index contributed by atoms with van der Waals surface area (Å²) in [6.45, 7) is 1.70. The van der Waals surface area contributed by atoms with Crippen molar-refractivity contribution in [3.8, 4) is 0 Å². The highest BCUT2D eigenvalue weighted by Gasteiger charge is 2.14. The number of carboxylic acids is 1. The van der Waals surface area contributed by atoms with E-state index in [1.54, 1.807) is 6.92 Å². The van der Waals surface area contributed by atoms with Gasteiger partial charge in [0.15, 0.2) is 0 Å². The molecule has 0 aliphatic heterocycles. The summed E-state index contributed by atoms with van der Waals surface area (Å²) in [7, 11) is 0. The molecule has 0 unspecified atom stereocenters. The van der Waals surface area contributed by atoms with Crippen LogP contribution in [0.15, 0.2) is 32.3 Å². The lowest BCUT2D eigenvalue weighted by atomic mass is 10.2. The van der Waals surface area contributed by atoms with Gasteiger partial charge in [-0.05, 0) is 28.9 Å². The molecule has 0 saturated heterocycles. The minimum Gasteiger partial charge on any atom is -0.478 e. The van der Waals surface area contributed by atoms with E-state index in [-0.39, 0.29) is 17.7 Å². The molecule has 0 aliphatic carbocycles. The van der Waals surface area contributed by atoms with Crippen LogP contribution in [-0.4, -0.2) is 20.6 Å². The fourth-order valence-corrected chi connectivity index (χ4v) is 1.88. The molecule has 1 N–H and O–H groups in total. The lowest BCUT2D eigenvalue weighted by Gasteiger charge is -2.01. The third-order valence-corrected chi connectivity index (χ3v) is 2.93. The monoisotopic (exact) mass is 312 g/mol. The first-order valence-corrected chi connectivity index (χ1v) is 5.81. The molecule has 0 saturated carbocycles. The Morgan fingerprint density at radius 3 is 2.94 bits per heavy atom. The molecular weight excluding hydrogens is 304 g/mol. The van der Waals surface area contributed by atoms with Crippen LogP contribution in [0.1, 0.15) is 21.9 Å². The Hall–Kier alpha value is -1.89. The molecule has 0 aliphatic rings. The van der Waals surface area contributed by atoms with Gasteiger partial charge < -0.3 is 9.52 Å². The van der Waals surface area contributed by atoms with Crippen LogP contribution in [0.4, 0.5) is 0 Å². The van der Waals surface area contributed by atoms with Crippen LogP contribution in [0, 0.1) is 6.92 Å². The van der Waals surface area contributed by atoms with Gasteiger partial charge in [-0.2, -0.15) is 0 Å². The average molecular weight is 313 g/mol. The number of carboxylic acid groups (broad SMARTS) is 1. The zero-order chi connectivity index (χ0) is 13.3. The number of furan rings is 1. The van der Waals surface area contributed by atoms with Crippen LogP contribution >= 0.6 is 15.9 Å². The first-order valence-electron chi connectivity index (χ1n) is 5.01. The summed E-state index contributed by atoms with van der Waals surface area (Å²) in [5.74, 6) is -0.345. The second-order valence-electron chi connectivity index (χ2n) is 3.66. The Balaban J connectivity index is 2.35. The van der Waals surface area contributed by atoms with Crippen molar-refractivity contribution in [3.63, 3.8) is 0 Å². The van der Waals surface area contributed by atoms with Crippen LogP contribution < -0.4 is 5.56 Å². The number of carbonyl (C=O) groups is 1. The van der Waals surface area contributed by atoms with Crippen molar-refractivity contribution in [2.24, 2.45) is 0 Å². The van der Waals surface area contributed by atoms with Crippen LogP contribution in [-0.2, 0) is 6.54 Å². The van der Waals surface area contributed by atoms with Crippen molar-refractivity contribution in [2.45, 2.75) is 13.5 Å². The molecule has 18 heavy (non-hydrogen) atoms. The maximum atomic E-state index is 11.7. The molecule has 2 heterocycles. The SMILES string of the molecule is Cc1oc(Cn2cncc(Br)c2=O)cc1C(=O)O. The van der Waals surface area contributed by atoms with Gasteiger partial charge in [0.05, 0.1) is 12.9 Å². The number of aryl methyl sites for hydroxylation is 1. The summed E-state index contributed by atoms with van der Waals surface area (Å²) >= 11 is 3.08. The average Bonchev–Trinajstić information content (AvgIpc) is 2.66. The molecule has 0 atom stereocenters. The molecule has 0 spiro atoms. The summed E-state index contributed by atoms with van der Waals surface area (Å²) in [4.78, 5) is 26.4. The lowest BCUT2D eigenvalue weighted by molar-refractivity contribution is 0.0695. The highest BCUT2D eigenvalue weighted by Crippen LogP contribution is 2.15. The van der Waals surface area contributed by atoms with E-state index in [9.17, 15) is 9.59 Å². The van der Waals surface area contributed by atoms with Crippen molar-refractivity contribution in [3.05, 3.63) is 50.5 Å². The molecule has 2 rings (SSSR count). The molecule has 0 radical (unpaired) electrons. The van der Waals surface area contributed by atoms with Gasteiger partial charge >= 0.3 is 5.97 Å². The van der Waals surface area contributed by atoms with E-state index in [0.717, 1.165) is 0 Å². The summed E-state index contributed by atoms with van der Waals surface area (Å²) in [5, 5.41) is 8.90. The minimum atomic E-state index is -1.05. The fraction of sp³-hybridized carbons (Fsp3) is 0.182. The van der Waals surface area contributed by atoms with E-state index in [4.69, 9.17) is 9.52 Å². The number of aromatic nitrogens is 2. The van der Waals surface area contributed by atoms with Crippen molar-refractivity contribution in [1.29, 1.82) is 0 Å². The number of halogens is 1. The molecule has 94 valence electrons. The fourth-order valence-electron chi connectivity index (χ4n) is 1.54. The van der Waals surface area contributed by atoms with Crippen LogP contribution in [0.25, 0.3) is 0 Å². The smallest absolute Gasteiger partial charge is 0.339 e. The van der Waals surface area contributed by atoms with Gasteiger partial charge in [-0.15, -0.1) is 0 Å². The molecule has 2 aromatic heterocycles. The molecule has 7 heteroatoms. The van der Waals surface area contributed by atoms with Crippen LogP contribution in [0.5, 0.6) is 0 Å². The predicted molar refractivity (Wildman–Crippen MR) is 65.7 cm³/mol. The summed E-state index contributed by atoms with van der Waals surface area (Å²) < 4.78 is 6.96. The Labute approximate surface area is 110 Å². The quantitative estimate of drug-likeness (QED) is 0.931. The first-order chi connectivity index (χ1) is 8.49. The minimum absolute atomic E-state index is 0.0982. The molecule has 0 fully saturated rings. The summed E-state index contributed by atoms with van der Waals surface area (Å²) in [5.41, 5.74) is -0.156. The summed E-state index contributed by atoms with van der Waals surface area (Å²) in [6, 6.07) is 1.41. The van der Waals surface area contributed by atoms with E-state index in [0.29, 0.717) is 16.0 Å². The second-order valence-corrected chi connectivity index (χ2v) is 4.52. The standard InChI is InChI=1S/C11H9BrN2O4/c1-6-8(11(16)17)2-7(18-6)4-14-5-13-3-9(12)10(14)15/h2-3,5H,4H2,1H3,(H,16,17). The largest absolute Gasteiger partial charge is 0.478 e. The zero-order valence-electron chi connectivity index (χ0n) is 9.38. The number of aromatic carboxylic acids is 1. The third-order valence-electron chi connectivity index (χ3n) is 2.38. The Bertz CT molecular complexity index is 659. The predicted octanol–water partition coefficient (Wildman–Crippen LogP) is 1.65. The molecule has 2 aromatic rings. The van der Waals surface area contributed by atoms with Crippen molar-refractivity contribution < 1.29 is 14.3 Å². The van der Waals surface area contributed by atoms with Gasteiger partial charge in [0.2, 0.25) is 0 Å². The van der Waals surface area contributed by atoms with Crippen molar-refractivity contribution in [1.82, 2.24) is 9.55 Å². The number of nitrogens with zero attached hydrogens (tertiary/aromatic N) is 2. The van der Waals surface area contributed by atoms with E-state index in [1.807, 2.05) is 0 Å². The van der Waals surface area contributed by atoms with Gasteiger partial charge in [-0.1, -0.05) is 0 Å². The lowest BCUT2D eigenvalue weighted by Crippen LogP contribution is -2.20. The molecule has 0 bridgehead atoms. The topological polar surface area (TPSA) is 85.3 Å². The van der Waals surface area contributed by atoms with Gasteiger partial charge in [0, 0.05) is 6.20 Å². The molecule has 0 amide bonds. The first kappa shape index (κ1) is 12.6. The second kappa shape index (κ2) is 4.77. The van der Waals surface area contributed by atoms with Gasteiger partial charge in [0.1, 0.15) is 21.6 Å². The Kier molecular flexibility index (Phi) is 3.33. The molecular formula is C11H9BrN2O4.